The van der Waals surface area contributed by atoms with E-state index < -0.39 is 11.4 Å². The minimum absolute atomic E-state index is 0.443. The number of aromatic nitrogens is 2. The fourth-order valence-electron chi connectivity index (χ4n) is 4.78. The van der Waals surface area contributed by atoms with E-state index in [1.165, 1.54) is 69.8 Å². The van der Waals surface area contributed by atoms with Crippen molar-refractivity contribution < 1.29 is 9.53 Å². The van der Waals surface area contributed by atoms with Crippen molar-refractivity contribution in [1.29, 1.82) is 5.26 Å². The first-order valence-electron chi connectivity index (χ1n) is 15.1. The van der Waals surface area contributed by atoms with E-state index in [-0.39, 0.29) is 0 Å². The molecule has 2 rings (SSSR count). The van der Waals surface area contributed by atoms with Gasteiger partial charge in [0.1, 0.15) is 5.75 Å². The summed E-state index contributed by atoms with van der Waals surface area (Å²) in [7, 11) is 0. The Hall–Kier alpha value is -2.74. The molecule has 0 aliphatic carbocycles. The zero-order valence-electron chi connectivity index (χ0n) is 24.1. The number of esters is 1. The Balaban J connectivity index is 1.78. The summed E-state index contributed by atoms with van der Waals surface area (Å²) < 4.78 is 5.63. The van der Waals surface area contributed by atoms with Crippen molar-refractivity contribution in [2.24, 2.45) is 5.41 Å². The molecule has 1 unspecified atom stereocenters. The first-order chi connectivity index (χ1) is 18.6. The van der Waals surface area contributed by atoms with Crippen LogP contribution in [0.4, 0.5) is 0 Å². The van der Waals surface area contributed by atoms with Crippen molar-refractivity contribution in [3.05, 3.63) is 42.2 Å². The highest BCUT2D eigenvalue weighted by Crippen LogP contribution is 2.31. The highest BCUT2D eigenvalue weighted by molar-refractivity contribution is 5.82. The molecule has 5 nitrogen and oxygen atoms in total. The second-order valence-electron chi connectivity index (χ2n) is 10.6. The van der Waals surface area contributed by atoms with Gasteiger partial charge in [0.05, 0.1) is 6.07 Å². The lowest BCUT2D eigenvalue weighted by Gasteiger charge is -2.22. The van der Waals surface area contributed by atoms with Crippen LogP contribution >= 0.6 is 0 Å². The summed E-state index contributed by atoms with van der Waals surface area (Å²) in [5, 5.41) is 9.76. The van der Waals surface area contributed by atoms with Gasteiger partial charge in [-0.25, -0.2) is 14.8 Å². The Morgan fingerprint density at radius 1 is 0.789 bits per heavy atom. The second-order valence-corrected chi connectivity index (χ2v) is 10.6. The Kier molecular flexibility index (Phi) is 15.3. The number of rotatable bonds is 20. The zero-order valence-corrected chi connectivity index (χ0v) is 24.1. The second kappa shape index (κ2) is 18.5. The van der Waals surface area contributed by atoms with Crippen LogP contribution in [0.25, 0.3) is 11.4 Å². The van der Waals surface area contributed by atoms with Crippen LogP contribution in [-0.2, 0) is 11.2 Å². The number of unbranched alkanes of at least 4 members (excludes halogenated alkanes) is 12. The standard InChI is InChI=1S/C33H49N3O2/c1-4-7-9-11-12-13-14-15-16-17-19-28-25-35-31(36-26-28)29-20-22-30(23-21-29)38-32(37)33(6-3,27-34)24-18-10-8-5-2/h20-23,25-26H,4-19,24H2,1-3H3. The van der Waals surface area contributed by atoms with E-state index in [2.05, 4.69) is 29.9 Å². The smallest absolute Gasteiger partial charge is 0.331 e. The van der Waals surface area contributed by atoms with Gasteiger partial charge in [0, 0.05) is 18.0 Å². The van der Waals surface area contributed by atoms with Crippen molar-refractivity contribution in [3.63, 3.8) is 0 Å². The van der Waals surface area contributed by atoms with Gasteiger partial charge in [-0.3, -0.25) is 0 Å². The Morgan fingerprint density at radius 2 is 1.32 bits per heavy atom. The SMILES string of the molecule is CCCCCCCCCCCCc1cnc(-c2ccc(OC(=O)C(C#N)(CC)CCCCCC)cc2)nc1. The van der Waals surface area contributed by atoms with E-state index in [1.54, 1.807) is 12.1 Å². The maximum absolute atomic E-state index is 12.9. The summed E-state index contributed by atoms with van der Waals surface area (Å²) in [6, 6.07) is 9.48. The van der Waals surface area contributed by atoms with Crippen LogP contribution in [0.2, 0.25) is 0 Å². The van der Waals surface area contributed by atoms with Gasteiger partial charge in [-0.05, 0) is 55.5 Å². The Labute approximate surface area is 231 Å². The van der Waals surface area contributed by atoms with Crippen LogP contribution in [0.15, 0.2) is 36.7 Å². The molecule has 1 aromatic heterocycles. The molecule has 0 bridgehead atoms. The van der Waals surface area contributed by atoms with Gasteiger partial charge in [-0.2, -0.15) is 5.26 Å². The molecule has 0 saturated heterocycles. The lowest BCUT2D eigenvalue weighted by atomic mass is 9.81. The number of hydrogen-bond acceptors (Lipinski definition) is 5. The van der Waals surface area contributed by atoms with Gasteiger partial charge in [-0.15, -0.1) is 0 Å². The first kappa shape index (κ1) is 31.5. The largest absolute Gasteiger partial charge is 0.425 e. The van der Waals surface area contributed by atoms with Gasteiger partial charge >= 0.3 is 5.97 Å². The predicted octanol–water partition coefficient (Wildman–Crippen LogP) is 9.40. The maximum atomic E-state index is 12.9. The highest BCUT2D eigenvalue weighted by Gasteiger charge is 2.38. The zero-order chi connectivity index (χ0) is 27.5. The molecule has 5 heteroatoms. The van der Waals surface area contributed by atoms with Gasteiger partial charge in [-0.1, -0.05) is 104 Å². The van der Waals surface area contributed by atoms with Crippen molar-refractivity contribution in [1.82, 2.24) is 9.97 Å². The number of aryl methyl sites for hydroxylation is 1. The molecule has 1 atom stereocenters. The molecule has 1 aromatic carbocycles. The molecule has 0 fully saturated rings. The van der Waals surface area contributed by atoms with Crippen molar-refractivity contribution in [2.45, 2.75) is 130 Å². The van der Waals surface area contributed by atoms with E-state index in [0.717, 1.165) is 37.7 Å². The van der Waals surface area contributed by atoms with Crippen LogP contribution in [0, 0.1) is 16.7 Å². The third-order valence-corrected chi connectivity index (χ3v) is 7.51. The molecule has 2 aromatic rings. The maximum Gasteiger partial charge on any atom is 0.331 e. The Morgan fingerprint density at radius 3 is 1.84 bits per heavy atom. The van der Waals surface area contributed by atoms with E-state index in [9.17, 15) is 10.1 Å². The molecular weight excluding hydrogens is 470 g/mol. The summed E-state index contributed by atoms with van der Waals surface area (Å²) in [5.41, 5.74) is 0.960. The van der Waals surface area contributed by atoms with E-state index in [0.29, 0.717) is 24.4 Å². The fraction of sp³-hybridized carbons (Fsp3) is 0.636. The van der Waals surface area contributed by atoms with Crippen LogP contribution < -0.4 is 4.74 Å². The summed E-state index contributed by atoms with van der Waals surface area (Å²) in [6.45, 7) is 6.29. The average Bonchev–Trinajstić information content (AvgIpc) is 2.95. The van der Waals surface area contributed by atoms with Crippen LogP contribution in [0.3, 0.4) is 0 Å². The normalized spacial score (nSPS) is 12.6. The molecule has 0 spiro atoms. The Bertz CT molecular complexity index is 950. The minimum atomic E-state index is -1.08. The number of carbonyl (C=O) groups excluding carboxylic acids is 1. The van der Waals surface area contributed by atoms with Gasteiger partial charge in [0.15, 0.2) is 11.2 Å². The number of hydrogen-bond donors (Lipinski definition) is 0. The third-order valence-electron chi connectivity index (χ3n) is 7.51. The molecule has 208 valence electrons. The third kappa shape index (κ3) is 10.9. The molecule has 0 radical (unpaired) electrons. The molecule has 0 aliphatic heterocycles. The summed E-state index contributed by atoms with van der Waals surface area (Å²) >= 11 is 0. The first-order valence-corrected chi connectivity index (χ1v) is 15.1. The van der Waals surface area contributed by atoms with Crippen molar-refractivity contribution in [2.75, 3.05) is 0 Å². The van der Waals surface area contributed by atoms with Gasteiger partial charge in [0.2, 0.25) is 0 Å². The van der Waals surface area contributed by atoms with Gasteiger partial charge in [0.25, 0.3) is 0 Å². The molecule has 0 amide bonds. The van der Waals surface area contributed by atoms with E-state index in [4.69, 9.17) is 4.74 Å². The van der Waals surface area contributed by atoms with E-state index in [1.807, 2.05) is 31.5 Å². The topological polar surface area (TPSA) is 75.9 Å². The predicted molar refractivity (Wildman–Crippen MR) is 156 cm³/mol. The molecule has 38 heavy (non-hydrogen) atoms. The highest BCUT2D eigenvalue weighted by atomic mass is 16.5. The van der Waals surface area contributed by atoms with Crippen LogP contribution in [-0.4, -0.2) is 15.9 Å². The van der Waals surface area contributed by atoms with Gasteiger partial charge < -0.3 is 4.74 Å². The lowest BCUT2D eigenvalue weighted by Crippen LogP contribution is -2.33. The lowest BCUT2D eigenvalue weighted by molar-refractivity contribution is -0.143. The monoisotopic (exact) mass is 519 g/mol. The van der Waals surface area contributed by atoms with E-state index >= 15 is 0 Å². The van der Waals surface area contributed by atoms with Crippen molar-refractivity contribution in [3.8, 4) is 23.2 Å². The summed E-state index contributed by atoms with van der Waals surface area (Å²) in [6.07, 6.45) is 23.3. The number of benzene rings is 1. The number of carbonyl (C=O) groups is 1. The quantitative estimate of drug-likeness (QED) is 0.0989. The number of ether oxygens (including phenoxy) is 1. The number of nitrogens with zero attached hydrogens (tertiary/aromatic N) is 3. The molecule has 1 heterocycles. The minimum Gasteiger partial charge on any atom is -0.425 e. The molecule has 0 aliphatic rings. The van der Waals surface area contributed by atoms with Crippen LogP contribution in [0.1, 0.15) is 129 Å². The summed E-state index contributed by atoms with van der Waals surface area (Å²) in [4.78, 5) is 22.0. The average molecular weight is 520 g/mol. The molecule has 0 N–H and O–H groups in total. The molecule has 0 saturated carbocycles. The fourth-order valence-corrected chi connectivity index (χ4v) is 4.78. The molecular formula is C33H49N3O2. The van der Waals surface area contributed by atoms with Crippen LogP contribution in [0.5, 0.6) is 5.75 Å². The summed E-state index contributed by atoms with van der Waals surface area (Å²) in [5.74, 6) is 0.642. The van der Waals surface area contributed by atoms with Crippen molar-refractivity contribution >= 4 is 5.97 Å². The number of nitriles is 1.